The summed E-state index contributed by atoms with van der Waals surface area (Å²) >= 11 is 0. The van der Waals surface area contributed by atoms with Crippen molar-refractivity contribution in [2.45, 2.75) is 26.2 Å². The zero-order valence-electron chi connectivity index (χ0n) is 10.4. The molecule has 94 valence electrons. The van der Waals surface area contributed by atoms with Crippen molar-refractivity contribution in [3.63, 3.8) is 0 Å². The lowest BCUT2D eigenvalue weighted by Gasteiger charge is -2.15. The van der Waals surface area contributed by atoms with Crippen LogP contribution in [-0.4, -0.2) is 50.8 Å². The van der Waals surface area contributed by atoms with Crippen LogP contribution in [0.2, 0.25) is 0 Å². The van der Waals surface area contributed by atoms with Gasteiger partial charge in [0.1, 0.15) is 0 Å². The molecule has 1 aliphatic heterocycles. The summed E-state index contributed by atoms with van der Waals surface area (Å²) in [6.07, 6.45) is 3.22. The average Bonchev–Trinajstić information content (AvgIpc) is 2.76. The van der Waals surface area contributed by atoms with Crippen molar-refractivity contribution in [2.24, 2.45) is 5.92 Å². The molecule has 0 radical (unpaired) electrons. The Bertz CT molecular complexity index is 208. The molecule has 1 saturated heterocycles. The summed E-state index contributed by atoms with van der Waals surface area (Å²) in [7, 11) is 1.46. The lowest BCUT2D eigenvalue weighted by atomic mass is 10.1. The lowest BCUT2D eigenvalue weighted by molar-refractivity contribution is -0.144. The fourth-order valence-corrected chi connectivity index (χ4v) is 1.94. The van der Waals surface area contributed by atoms with E-state index in [9.17, 15) is 4.79 Å². The molecule has 1 atom stereocenters. The van der Waals surface area contributed by atoms with Crippen LogP contribution in [0.5, 0.6) is 0 Å². The maximum absolute atomic E-state index is 11.3. The number of rotatable bonds is 7. The molecule has 0 amide bonds. The first-order valence-electron chi connectivity index (χ1n) is 6.15. The number of hydrogen-bond donors (Lipinski definition) is 0. The predicted molar refractivity (Wildman–Crippen MR) is 62.3 cm³/mol. The van der Waals surface area contributed by atoms with Crippen LogP contribution in [0, 0.1) is 5.92 Å². The molecule has 0 bridgehead atoms. The highest BCUT2D eigenvalue weighted by molar-refractivity contribution is 5.72. The third-order valence-corrected chi connectivity index (χ3v) is 3.00. The van der Waals surface area contributed by atoms with Crippen LogP contribution in [0.15, 0.2) is 0 Å². The number of ether oxygens (including phenoxy) is 2. The minimum atomic E-state index is -0.0746. The largest absolute Gasteiger partial charge is 0.469 e. The molecule has 1 unspecified atom stereocenters. The van der Waals surface area contributed by atoms with Gasteiger partial charge in [0.05, 0.1) is 19.6 Å². The van der Waals surface area contributed by atoms with Gasteiger partial charge >= 0.3 is 5.97 Å². The quantitative estimate of drug-likeness (QED) is 0.487. The second-order valence-electron chi connectivity index (χ2n) is 4.28. The second kappa shape index (κ2) is 7.63. The Labute approximate surface area is 97.9 Å². The van der Waals surface area contributed by atoms with Gasteiger partial charge in [-0.05, 0) is 19.4 Å². The Hall–Kier alpha value is -0.610. The molecule has 16 heavy (non-hydrogen) atoms. The fraction of sp³-hybridized carbons (Fsp3) is 0.917. The summed E-state index contributed by atoms with van der Waals surface area (Å²) in [4.78, 5) is 13.6. The summed E-state index contributed by atoms with van der Waals surface area (Å²) < 4.78 is 10.2. The molecule has 1 aliphatic rings. The van der Waals surface area contributed by atoms with Gasteiger partial charge in [-0.3, -0.25) is 4.79 Å². The molecule has 0 saturated carbocycles. The van der Waals surface area contributed by atoms with Crippen LogP contribution >= 0.6 is 0 Å². The number of carbonyl (C=O) groups is 1. The Balaban J connectivity index is 2.05. The van der Waals surface area contributed by atoms with E-state index in [1.807, 2.05) is 0 Å². The van der Waals surface area contributed by atoms with Crippen LogP contribution in [0.4, 0.5) is 0 Å². The van der Waals surface area contributed by atoms with Crippen molar-refractivity contribution < 1.29 is 14.3 Å². The molecular formula is C12H23NO3. The van der Waals surface area contributed by atoms with E-state index in [0.717, 1.165) is 45.7 Å². The molecule has 4 nitrogen and oxygen atoms in total. The Morgan fingerprint density at radius 2 is 2.25 bits per heavy atom. The maximum Gasteiger partial charge on any atom is 0.310 e. The van der Waals surface area contributed by atoms with Gasteiger partial charge in [-0.15, -0.1) is 0 Å². The van der Waals surface area contributed by atoms with Gasteiger partial charge in [-0.1, -0.05) is 13.3 Å². The topological polar surface area (TPSA) is 38.8 Å². The first kappa shape index (κ1) is 13.5. The van der Waals surface area contributed by atoms with Crippen molar-refractivity contribution in [1.82, 2.24) is 4.90 Å². The highest BCUT2D eigenvalue weighted by atomic mass is 16.5. The number of nitrogens with zero attached hydrogens (tertiary/aromatic N) is 1. The summed E-state index contributed by atoms with van der Waals surface area (Å²) in [5.74, 6) is -0.00459. The smallest absolute Gasteiger partial charge is 0.310 e. The van der Waals surface area contributed by atoms with Crippen LogP contribution in [0.3, 0.4) is 0 Å². The zero-order valence-corrected chi connectivity index (χ0v) is 10.4. The van der Waals surface area contributed by atoms with Crippen LogP contribution in [0.25, 0.3) is 0 Å². The van der Waals surface area contributed by atoms with Gasteiger partial charge < -0.3 is 14.4 Å². The normalized spacial score (nSPS) is 21.2. The van der Waals surface area contributed by atoms with E-state index >= 15 is 0 Å². The molecule has 0 aromatic rings. The van der Waals surface area contributed by atoms with E-state index in [4.69, 9.17) is 9.47 Å². The van der Waals surface area contributed by atoms with Crippen molar-refractivity contribution in [3.05, 3.63) is 0 Å². The number of methoxy groups -OCH3 is 1. The Morgan fingerprint density at radius 1 is 1.44 bits per heavy atom. The van der Waals surface area contributed by atoms with Gasteiger partial charge in [0, 0.05) is 19.7 Å². The minimum Gasteiger partial charge on any atom is -0.469 e. The van der Waals surface area contributed by atoms with Gasteiger partial charge in [0.2, 0.25) is 0 Å². The standard InChI is InChI=1S/C12H23NO3/c1-3-4-8-16-9-7-13-6-5-11(10-13)12(14)15-2/h11H,3-10H2,1-2H3. The first-order valence-corrected chi connectivity index (χ1v) is 6.15. The van der Waals surface area contributed by atoms with Crippen LogP contribution in [-0.2, 0) is 14.3 Å². The van der Waals surface area contributed by atoms with E-state index in [1.54, 1.807) is 0 Å². The predicted octanol–water partition coefficient (Wildman–Crippen LogP) is 1.30. The molecule has 0 spiro atoms. The van der Waals surface area contributed by atoms with Crippen molar-refractivity contribution in [1.29, 1.82) is 0 Å². The number of unbranched alkanes of at least 4 members (excludes halogenated alkanes) is 1. The molecular weight excluding hydrogens is 206 g/mol. The third kappa shape index (κ3) is 4.49. The van der Waals surface area contributed by atoms with E-state index < -0.39 is 0 Å². The highest BCUT2D eigenvalue weighted by Gasteiger charge is 2.28. The SMILES string of the molecule is CCCCOCCN1CCC(C(=O)OC)C1. The minimum absolute atomic E-state index is 0.0700. The number of esters is 1. The van der Waals surface area contributed by atoms with Crippen LogP contribution < -0.4 is 0 Å². The van der Waals surface area contributed by atoms with Crippen molar-refractivity contribution in [3.8, 4) is 0 Å². The first-order chi connectivity index (χ1) is 7.77. The van der Waals surface area contributed by atoms with Gasteiger partial charge in [0.15, 0.2) is 0 Å². The molecule has 1 heterocycles. The Morgan fingerprint density at radius 3 is 2.94 bits per heavy atom. The Kier molecular flexibility index (Phi) is 6.42. The van der Waals surface area contributed by atoms with Crippen molar-refractivity contribution >= 4 is 5.97 Å². The second-order valence-corrected chi connectivity index (χ2v) is 4.28. The van der Waals surface area contributed by atoms with Crippen molar-refractivity contribution in [2.75, 3.05) is 40.0 Å². The molecule has 0 aliphatic carbocycles. The van der Waals surface area contributed by atoms with Gasteiger partial charge in [-0.2, -0.15) is 0 Å². The fourth-order valence-electron chi connectivity index (χ4n) is 1.94. The average molecular weight is 229 g/mol. The number of carbonyl (C=O) groups excluding carboxylic acids is 1. The molecule has 1 fully saturated rings. The maximum atomic E-state index is 11.3. The molecule has 0 N–H and O–H groups in total. The summed E-state index contributed by atoms with van der Waals surface area (Å²) in [6, 6.07) is 0. The summed E-state index contributed by atoms with van der Waals surface area (Å²) in [6.45, 7) is 6.52. The monoisotopic (exact) mass is 229 g/mol. The van der Waals surface area contributed by atoms with E-state index in [-0.39, 0.29) is 11.9 Å². The van der Waals surface area contributed by atoms with E-state index in [1.165, 1.54) is 13.5 Å². The van der Waals surface area contributed by atoms with Gasteiger partial charge in [0.25, 0.3) is 0 Å². The summed E-state index contributed by atoms with van der Waals surface area (Å²) in [5, 5.41) is 0. The molecule has 0 aromatic heterocycles. The van der Waals surface area contributed by atoms with E-state index in [2.05, 4.69) is 11.8 Å². The number of hydrogen-bond acceptors (Lipinski definition) is 4. The summed E-state index contributed by atoms with van der Waals surface area (Å²) in [5.41, 5.74) is 0. The van der Waals surface area contributed by atoms with Crippen LogP contribution in [0.1, 0.15) is 26.2 Å². The third-order valence-electron chi connectivity index (χ3n) is 3.00. The zero-order chi connectivity index (χ0) is 11.8. The molecule has 1 rings (SSSR count). The van der Waals surface area contributed by atoms with Gasteiger partial charge in [-0.25, -0.2) is 0 Å². The molecule has 4 heteroatoms. The molecule has 0 aromatic carbocycles. The highest BCUT2D eigenvalue weighted by Crippen LogP contribution is 2.16. The van der Waals surface area contributed by atoms with E-state index in [0.29, 0.717) is 0 Å². The number of likely N-dealkylation sites (tertiary alicyclic amines) is 1. The lowest BCUT2D eigenvalue weighted by Crippen LogP contribution is -2.27.